The van der Waals surface area contributed by atoms with Crippen LogP contribution in [0, 0.1) is 11.7 Å². The molecule has 2 aliphatic rings. The molecule has 0 unspecified atom stereocenters. The van der Waals surface area contributed by atoms with Crippen molar-refractivity contribution in [2.45, 2.75) is 44.8 Å². The number of aliphatic imine (C=N–C) groups is 1. The number of carbonyl (C=O) groups is 1. The van der Waals surface area contributed by atoms with E-state index in [1.807, 2.05) is 20.8 Å². The molecule has 0 bridgehead atoms. The summed E-state index contributed by atoms with van der Waals surface area (Å²) in [7, 11) is 0. The van der Waals surface area contributed by atoms with Crippen molar-refractivity contribution < 1.29 is 18.7 Å². The van der Waals surface area contributed by atoms with Gasteiger partial charge in [0, 0.05) is 29.5 Å². The number of carbonyl (C=O) groups excluding carboxylic acids is 1. The van der Waals surface area contributed by atoms with Gasteiger partial charge in [0.1, 0.15) is 17.0 Å². The Balaban J connectivity index is 1.95. The van der Waals surface area contributed by atoms with Crippen LogP contribution in [-0.4, -0.2) is 35.6 Å². The highest BCUT2D eigenvalue weighted by molar-refractivity contribution is 8.14. The second kappa shape index (κ2) is 7.19. The summed E-state index contributed by atoms with van der Waals surface area (Å²) in [5.41, 5.74) is 5.46. The zero-order valence-electron chi connectivity index (χ0n) is 15.4. The lowest BCUT2D eigenvalue weighted by atomic mass is 9.76. The van der Waals surface area contributed by atoms with Gasteiger partial charge in [0.15, 0.2) is 0 Å². The van der Waals surface area contributed by atoms with Crippen LogP contribution in [0.25, 0.3) is 0 Å². The number of ether oxygens (including phenoxy) is 2. The molecular formula is C19H25FN2O3S. The Kier molecular flexibility index (Phi) is 5.30. The molecule has 26 heavy (non-hydrogen) atoms. The van der Waals surface area contributed by atoms with E-state index in [9.17, 15) is 9.18 Å². The van der Waals surface area contributed by atoms with Crippen molar-refractivity contribution in [3.05, 3.63) is 29.6 Å². The molecule has 142 valence electrons. The first kappa shape index (κ1) is 19.2. The lowest BCUT2D eigenvalue weighted by Gasteiger charge is -2.44. The Labute approximate surface area is 157 Å². The average molecular weight is 380 g/mol. The molecule has 7 heteroatoms. The maximum absolute atomic E-state index is 14.7. The maximum atomic E-state index is 14.7. The number of nitrogens with zero attached hydrogens (tertiary/aromatic N) is 1. The number of nitrogen functional groups attached to an aromatic ring is 1. The molecule has 2 atom stereocenters. The number of thioether (sulfide) groups is 1. The fraction of sp³-hybridized carbons (Fsp3) is 0.579. The SMILES string of the molecule is CC(C)(C)OC(=O)CC1=N[C@@]2(c3cc(N)ccc3F)COCC[C@H]2CS1. The number of fused-ring (bicyclic) bond motifs is 1. The van der Waals surface area contributed by atoms with E-state index in [-0.39, 0.29) is 30.7 Å². The fourth-order valence-corrected chi connectivity index (χ4v) is 4.71. The highest BCUT2D eigenvalue weighted by Gasteiger charge is 2.47. The molecule has 1 aromatic carbocycles. The van der Waals surface area contributed by atoms with Crippen LogP contribution in [0.1, 0.15) is 39.2 Å². The monoisotopic (exact) mass is 380 g/mol. The molecule has 1 fully saturated rings. The predicted molar refractivity (Wildman–Crippen MR) is 102 cm³/mol. The first-order valence-electron chi connectivity index (χ1n) is 8.76. The maximum Gasteiger partial charge on any atom is 0.312 e. The lowest BCUT2D eigenvalue weighted by Crippen LogP contribution is -2.47. The summed E-state index contributed by atoms with van der Waals surface area (Å²) >= 11 is 1.55. The minimum Gasteiger partial charge on any atom is -0.460 e. The summed E-state index contributed by atoms with van der Waals surface area (Å²) in [6.07, 6.45) is 0.880. The summed E-state index contributed by atoms with van der Waals surface area (Å²) < 4.78 is 25.7. The third-order valence-corrected chi connectivity index (χ3v) is 5.69. The van der Waals surface area contributed by atoms with Gasteiger partial charge in [-0.3, -0.25) is 9.79 Å². The molecule has 3 rings (SSSR count). The molecule has 0 aromatic heterocycles. The van der Waals surface area contributed by atoms with Gasteiger partial charge in [-0.2, -0.15) is 0 Å². The highest BCUT2D eigenvalue weighted by atomic mass is 32.2. The summed E-state index contributed by atoms with van der Waals surface area (Å²) in [5.74, 6) is 0.225. The normalized spacial score (nSPS) is 26.0. The van der Waals surface area contributed by atoms with Crippen molar-refractivity contribution in [3.63, 3.8) is 0 Å². The molecule has 0 radical (unpaired) electrons. The van der Waals surface area contributed by atoms with Gasteiger partial charge >= 0.3 is 5.97 Å². The summed E-state index contributed by atoms with van der Waals surface area (Å²) in [5, 5.41) is 0.655. The molecule has 0 saturated carbocycles. The Morgan fingerprint density at radius 2 is 2.27 bits per heavy atom. The van der Waals surface area contributed by atoms with Crippen molar-refractivity contribution in [2.24, 2.45) is 10.9 Å². The van der Waals surface area contributed by atoms with Gasteiger partial charge in [0.2, 0.25) is 0 Å². The smallest absolute Gasteiger partial charge is 0.312 e. The summed E-state index contributed by atoms with van der Waals surface area (Å²) in [4.78, 5) is 17.0. The second-order valence-corrected chi connectivity index (χ2v) is 8.87. The number of hydrogen-bond donors (Lipinski definition) is 1. The average Bonchev–Trinajstić information content (AvgIpc) is 2.55. The minimum atomic E-state index is -0.833. The van der Waals surface area contributed by atoms with Crippen LogP contribution in [0.15, 0.2) is 23.2 Å². The van der Waals surface area contributed by atoms with Crippen molar-refractivity contribution in [3.8, 4) is 0 Å². The number of hydrogen-bond acceptors (Lipinski definition) is 6. The van der Waals surface area contributed by atoms with Crippen LogP contribution in [0.5, 0.6) is 0 Å². The summed E-state index contributed by atoms with van der Waals surface area (Å²) in [6, 6.07) is 4.55. The third kappa shape index (κ3) is 4.04. The van der Waals surface area contributed by atoms with E-state index in [0.29, 0.717) is 22.9 Å². The summed E-state index contributed by atoms with van der Waals surface area (Å²) in [6.45, 7) is 6.41. The Bertz CT molecular complexity index is 732. The number of benzene rings is 1. The Morgan fingerprint density at radius 3 is 3.00 bits per heavy atom. The number of anilines is 1. The quantitative estimate of drug-likeness (QED) is 0.642. The van der Waals surface area contributed by atoms with Crippen LogP contribution in [0.2, 0.25) is 0 Å². The van der Waals surface area contributed by atoms with Gasteiger partial charge in [-0.25, -0.2) is 4.39 Å². The fourth-order valence-electron chi connectivity index (χ4n) is 3.43. The highest BCUT2D eigenvalue weighted by Crippen LogP contribution is 2.46. The van der Waals surface area contributed by atoms with Gasteiger partial charge in [-0.1, -0.05) is 0 Å². The minimum absolute atomic E-state index is 0.0837. The second-order valence-electron chi connectivity index (χ2n) is 7.78. The van der Waals surface area contributed by atoms with Gasteiger partial charge < -0.3 is 15.2 Å². The number of nitrogens with two attached hydrogens (primary N) is 1. The van der Waals surface area contributed by atoms with Crippen LogP contribution in [-0.2, 0) is 19.8 Å². The van der Waals surface area contributed by atoms with Crippen molar-refractivity contribution >= 4 is 28.5 Å². The van der Waals surface area contributed by atoms with Crippen molar-refractivity contribution in [2.75, 3.05) is 24.7 Å². The first-order chi connectivity index (χ1) is 12.2. The number of rotatable bonds is 3. The van der Waals surface area contributed by atoms with Gasteiger partial charge in [-0.05, 0) is 45.4 Å². The molecule has 0 aliphatic carbocycles. The van der Waals surface area contributed by atoms with E-state index in [4.69, 9.17) is 20.2 Å². The molecule has 2 heterocycles. The lowest BCUT2D eigenvalue weighted by molar-refractivity contribution is -0.153. The van der Waals surface area contributed by atoms with E-state index in [1.54, 1.807) is 17.8 Å². The van der Waals surface area contributed by atoms with E-state index in [0.717, 1.165) is 12.2 Å². The molecule has 1 saturated heterocycles. The van der Waals surface area contributed by atoms with Crippen molar-refractivity contribution in [1.29, 1.82) is 0 Å². The van der Waals surface area contributed by atoms with E-state index >= 15 is 0 Å². The largest absolute Gasteiger partial charge is 0.460 e. The van der Waals surface area contributed by atoms with Gasteiger partial charge in [0.25, 0.3) is 0 Å². The molecule has 1 aromatic rings. The number of esters is 1. The van der Waals surface area contributed by atoms with E-state index < -0.39 is 11.1 Å². The zero-order valence-corrected chi connectivity index (χ0v) is 16.2. The third-order valence-electron chi connectivity index (χ3n) is 4.56. The molecule has 0 spiro atoms. The van der Waals surface area contributed by atoms with Crippen LogP contribution in [0.4, 0.5) is 10.1 Å². The van der Waals surface area contributed by atoms with Crippen LogP contribution < -0.4 is 5.73 Å². The molecular weight excluding hydrogens is 355 g/mol. The Hall–Kier alpha value is -1.60. The van der Waals surface area contributed by atoms with E-state index in [2.05, 4.69) is 0 Å². The van der Waals surface area contributed by atoms with E-state index in [1.165, 1.54) is 12.1 Å². The topological polar surface area (TPSA) is 73.9 Å². The standard InChI is InChI=1S/C19H25FN2O3S/c1-18(2,3)25-17(23)9-16-22-19(11-24-7-6-12(19)10-26-16)14-8-13(21)4-5-15(14)20/h4-5,8,12H,6-7,9-11,21H2,1-3H3/t12-,19-/m0/s1. The predicted octanol–water partition coefficient (Wildman–Crippen LogP) is 3.52. The van der Waals surface area contributed by atoms with Crippen molar-refractivity contribution in [1.82, 2.24) is 0 Å². The molecule has 0 amide bonds. The molecule has 2 N–H and O–H groups in total. The number of halogens is 1. The van der Waals surface area contributed by atoms with Gasteiger partial charge in [0.05, 0.1) is 18.1 Å². The zero-order chi connectivity index (χ0) is 18.9. The Morgan fingerprint density at radius 1 is 1.50 bits per heavy atom. The van der Waals surface area contributed by atoms with Crippen LogP contribution >= 0.6 is 11.8 Å². The van der Waals surface area contributed by atoms with Gasteiger partial charge in [-0.15, -0.1) is 11.8 Å². The molecule has 2 aliphatic heterocycles. The molecule has 5 nitrogen and oxygen atoms in total. The van der Waals surface area contributed by atoms with Crippen LogP contribution in [0.3, 0.4) is 0 Å². The first-order valence-corrected chi connectivity index (χ1v) is 9.75.